The number of carbonyl (C=O) groups excluding carboxylic acids is 2. The maximum atomic E-state index is 13.8. The molecule has 1 aliphatic rings. The monoisotopic (exact) mass is 482 g/mol. The Bertz CT molecular complexity index is 1100. The van der Waals surface area contributed by atoms with Gasteiger partial charge in [-0.15, -0.1) is 11.3 Å². The molecule has 2 aromatic heterocycles. The second-order valence-corrected chi connectivity index (χ2v) is 9.46. The molecule has 1 aromatic carbocycles. The molecule has 0 aliphatic heterocycles. The van der Waals surface area contributed by atoms with Crippen molar-refractivity contribution in [3.8, 4) is 11.5 Å². The molecule has 4 rings (SSSR count). The van der Waals surface area contributed by atoms with Crippen LogP contribution in [0.4, 0.5) is 5.69 Å². The average Bonchev–Trinajstić information content (AvgIpc) is 3.61. The molecule has 7 nitrogen and oxygen atoms in total. The Balaban J connectivity index is 1.80. The number of anilines is 1. The SMILES string of the molecule is COc1cc(OC)cc(N(C(=O)Cc2cccs2)C(C(=O)NC2CCCC2)c2ccc(C)o2)c1. The van der Waals surface area contributed by atoms with Crippen LogP contribution in [0.15, 0.2) is 52.3 Å². The van der Waals surface area contributed by atoms with Gasteiger partial charge in [0.2, 0.25) is 5.91 Å². The number of thiophene rings is 1. The number of benzene rings is 1. The molecule has 0 radical (unpaired) electrons. The summed E-state index contributed by atoms with van der Waals surface area (Å²) < 4.78 is 16.8. The number of furan rings is 1. The van der Waals surface area contributed by atoms with Gasteiger partial charge in [-0.05, 0) is 43.3 Å². The van der Waals surface area contributed by atoms with Crippen molar-refractivity contribution in [3.63, 3.8) is 0 Å². The first-order chi connectivity index (χ1) is 16.5. The number of nitrogens with one attached hydrogen (secondary N) is 1. The highest BCUT2D eigenvalue weighted by atomic mass is 32.1. The van der Waals surface area contributed by atoms with Crippen LogP contribution in [0.3, 0.4) is 0 Å². The van der Waals surface area contributed by atoms with Gasteiger partial charge in [-0.3, -0.25) is 14.5 Å². The van der Waals surface area contributed by atoms with Crippen LogP contribution in [0.5, 0.6) is 11.5 Å². The summed E-state index contributed by atoms with van der Waals surface area (Å²) in [6, 6.07) is 11.7. The minimum absolute atomic E-state index is 0.0974. The Morgan fingerprint density at radius 2 is 1.82 bits per heavy atom. The van der Waals surface area contributed by atoms with Crippen LogP contribution in [-0.4, -0.2) is 32.1 Å². The van der Waals surface area contributed by atoms with Gasteiger partial charge in [0.25, 0.3) is 5.91 Å². The molecule has 1 fully saturated rings. The Labute approximate surface area is 203 Å². The van der Waals surface area contributed by atoms with E-state index in [0.717, 1.165) is 30.6 Å². The molecule has 8 heteroatoms. The van der Waals surface area contributed by atoms with E-state index in [1.807, 2.05) is 24.4 Å². The first-order valence-electron chi connectivity index (χ1n) is 11.4. The van der Waals surface area contributed by atoms with Gasteiger partial charge in [0.05, 0.1) is 26.3 Å². The fourth-order valence-corrected chi connectivity index (χ4v) is 5.04. The molecular weight excluding hydrogens is 452 g/mol. The minimum atomic E-state index is -0.974. The van der Waals surface area contributed by atoms with Gasteiger partial charge in [-0.2, -0.15) is 0 Å². The molecule has 1 aliphatic carbocycles. The maximum absolute atomic E-state index is 13.8. The smallest absolute Gasteiger partial charge is 0.251 e. The fourth-order valence-electron chi connectivity index (χ4n) is 4.34. The summed E-state index contributed by atoms with van der Waals surface area (Å²) in [7, 11) is 3.10. The van der Waals surface area contributed by atoms with Gasteiger partial charge < -0.3 is 19.2 Å². The van der Waals surface area contributed by atoms with Crippen LogP contribution in [0.2, 0.25) is 0 Å². The van der Waals surface area contributed by atoms with E-state index in [-0.39, 0.29) is 24.3 Å². The largest absolute Gasteiger partial charge is 0.497 e. The van der Waals surface area contributed by atoms with Crippen LogP contribution >= 0.6 is 11.3 Å². The van der Waals surface area contributed by atoms with Crippen molar-refractivity contribution in [3.05, 3.63) is 64.2 Å². The Kier molecular flexibility index (Phi) is 7.57. The third-order valence-electron chi connectivity index (χ3n) is 6.03. The molecule has 180 valence electrons. The molecule has 34 heavy (non-hydrogen) atoms. The number of nitrogens with zero attached hydrogens (tertiary/aromatic N) is 1. The maximum Gasteiger partial charge on any atom is 0.251 e. The van der Waals surface area contributed by atoms with Crippen molar-refractivity contribution >= 4 is 28.8 Å². The first kappa shape index (κ1) is 23.9. The highest BCUT2D eigenvalue weighted by Crippen LogP contribution is 2.35. The summed E-state index contributed by atoms with van der Waals surface area (Å²) in [4.78, 5) is 29.9. The van der Waals surface area contributed by atoms with Crippen molar-refractivity contribution in [2.45, 2.75) is 51.1 Å². The number of hydrogen-bond donors (Lipinski definition) is 1. The number of rotatable bonds is 9. The highest BCUT2D eigenvalue weighted by Gasteiger charge is 2.37. The quantitative estimate of drug-likeness (QED) is 0.462. The highest BCUT2D eigenvalue weighted by molar-refractivity contribution is 7.10. The van der Waals surface area contributed by atoms with Crippen molar-refractivity contribution in [1.82, 2.24) is 5.32 Å². The topological polar surface area (TPSA) is 81.0 Å². The third-order valence-corrected chi connectivity index (χ3v) is 6.90. The van der Waals surface area contributed by atoms with E-state index in [1.165, 1.54) is 16.2 Å². The summed E-state index contributed by atoms with van der Waals surface area (Å²) in [5, 5.41) is 5.09. The van der Waals surface area contributed by atoms with Crippen LogP contribution < -0.4 is 19.7 Å². The normalized spacial score (nSPS) is 14.6. The lowest BCUT2D eigenvalue weighted by atomic mass is 10.1. The van der Waals surface area contributed by atoms with Gasteiger partial charge >= 0.3 is 0 Å². The van der Waals surface area contributed by atoms with Gasteiger partial charge in [-0.1, -0.05) is 18.9 Å². The van der Waals surface area contributed by atoms with E-state index < -0.39 is 6.04 Å². The molecule has 0 saturated heterocycles. The Morgan fingerprint density at radius 1 is 1.12 bits per heavy atom. The molecule has 1 N–H and O–H groups in total. The van der Waals surface area contributed by atoms with E-state index >= 15 is 0 Å². The number of carbonyl (C=O) groups is 2. The zero-order valence-electron chi connectivity index (χ0n) is 19.7. The summed E-state index contributed by atoms with van der Waals surface area (Å²) in [6.45, 7) is 1.82. The Morgan fingerprint density at radius 3 is 2.38 bits per heavy atom. The first-order valence-corrected chi connectivity index (χ1v) is 12.3. The zero-order valence-corrected chi connectivity index (χ0v) is 20.5. The summed E-state index contributed by atoms with van der Waals surface area (Å²) >= 11 is 1.50. The zero-order chi connectivity index (χ0) is 24.1. The number of amides is 2. The van der Waals surface area contributed by atoms with Gasteiger partial charge in [-0.25, -0.2) is 0 Å². The molecule has 3 aromatic rings. The average molecular weight is 483 g/mol. The molecule has 1 unspecified atom stereocenters. The lowest BCUT2D eigenvalue weighted by molar-refractivity contribution is -0.127. The molecule has 1 saturated carbocycles. The van der Waals surface area contributed by atoms with Crippen molar-refractivity contribution in [2.24, 2.45) is 0 Å². The number of methoxy groups -OCH3 is 2. The van der Waals surface area contributed by atoms with E-state index in [4.69, 9.17) is 13.9 Å². The number of hydrogen-bond acceptors (Lipinski definition) is 6. The standard InChI is InChI=1S/C26H30N2O5S/c1-17-10-11-23(33-17)25(26(30)27-18-7-4-5-8-18)28(24(29)16-22-9-6-12-34-22)19-13-20(31-2)15-21(14-19)32-3/h6,9-15,18,25H,4-5,7-8,16H2,1-3H3,(H,27,30). The fraction of sp³-hybridized carbons (Fsp3) is 0.385. The van der Waals surface area contributed by atoms with E-state index in [9.17, 15) is 9.59 Å². The van der Waals surface area contributed by atoms with Crippen LogP contribution in [0.1, 0.15) is 48.1 Å². The lowest BCUT2D eigenvalue weighted by Crippen LogP contribution is -2.46. The van der Waals surface area contributed by atoms with Crippen molar-refractivity contribution in [2.75, 3.05) is 19.1 Å². The van der Waals surface area contributed by atoms with Crippen LogP contribution in [0, 0.1) is 6.92 Å². The predicted molar refractivity (Wildman–Crippen MR) is 132 cm³/mol. The van der Waals surface area contributed by atoms with Crippen molar-refractivity contribution < 1.29 is 23.5 Å². The third kappa shape index (κ3) is 5.44. The molecule has 2 heterocycles. The predicted octanol–water partition coefficient (Wildman–Crippen LogP) is 5.04. The Hall–Kier alpha value is -3.26. The number of ether oxygens (including phenoxy) is 2. The molecule has 0 spiro atoms. The summed E-state index contributed by atoms with van der Waals surface area (Å²) in [5.41, 5.74) is 0.499. The number of aryl methyl sites for hydroxylation is 1. The second-order valence-electron chi connectivity index (χ2n) is 8.43. The van der Waals surface area contributed by atoms with E-state index in [2.05, 4.69) is 5.32 Å². The van der Waals surface area contributed by atoms with Crippen molar-refractivity contribution in [1.29, 1.82) is 0 Å². The molecular formula is C26H30N2O5S. The summed E-state index contributed by atoms with van der Waals surface area (Å²) in [5.74, 6) is 1.64. The van der Waals surface area contributed by atoms with E-state index in [1.54, 1.807) is 44.6 Å². The van der Waals surface area contributed by atoms with Crippen LogP contribution in [-0.2, 0) is 16.0 Å². The van der Waals surface area contributed by atoms with Gasteiger partial charge in [0.1, 0.15) is 23.0 Å². The van der Waals surface area contributed by atoms with Gasteiger partial charge in [0.15, 0.2) is 6.04 Å². The lowest BCUT2D eigenvalue weighted by Gasteiger charge is -2.31. The minimum Gasteiger partial charge on any atom is -0.497 e. The molecule has 1 atom stereocenters. The van der Waals surface area contributed by atoms with Gasteiger partial charge in [0, 0.05) is 29.1 Å². The second kappa shape index (κ2) is 10.8. The molecule has 2 amide bonds. The van der Waals surface area contributed by atoms with Crippen LogP contribution in [0.25, 0.3) is 0 Å². The van der Waals surface area contributed by atoms with E-state index in [0.29, 0.717) is 28.7 Å². The summed E-state index contributed by atoms with van der Waals surface area (Å²) in [6.07, 6.45) is 4.20. The molecule has 0 bridgehead atoms.